The minimum absolute atomic E-state index is 0.135. The molecule has 0 amide bonds. The van der Waals surface area contributed by atoms with Gasteiger partial charge in [-0.1, -0.05) is 63.5 Å². The topological polar surface area (TPSA) is 24.7 Å². The second-order valence-corrected chi connectivity index (χ2v) is 9.70. The molecule has 0 heterocycles. The van der Waals surface area contributed by atoms with Gasteiger partial charge in [-0.2, -0.15) is 10.2 Å². The van der Waals surface area contributed by atoms with E-state index < -0.39 is 11.6 Å². The molecule has 4 rings (SSSR count). The summed E-state index contributed by atoms with van der Waals surface area (Å²) in [6, 6.07) is 16.9. The van der Waals surface area contributed by atoms with E-state index in [0.29, 0.717) is 29.2 Å². The molecule has 36 heavy (non-hydrogen) atoms. The fraction of sp³-hybridized carbons (Fsp3) is 0.375. The highest BCUT2D eigenvalue weighted by Crippen LogP contribution is 2.32. The van der Waals surface area contributed by atoms with Crippen molar-refractivity contribution in [3.8, 4) is 11.8 Å². The average molecular weight is 485 g/mol. The van der Waals surface area contributed by atoms with Gasteiger partial charge in [-0.25, -0.2) is 8.78 Å². The first-order valence-corrected chi connectivity index (χ1v) is 13.2. The van der Waals surface area contributed by atoms with E-state index in [9.17, 15) is 4.39 Å². The zero-order chi connectivity index (χ0) is 25.3. The van der Waals surface area contributed by atoms with Crippen molar-refractivity contribution in [3.63, 3.8) is 0 Å². The number of hydrogen-bond donors (Lipinski definition) is 0. The highest BCUT2D eigenvalue weighted by Gasteiger charge is 2.24. The smallest absolute Gasteiger partial charge is 0.145 e. The van der Waals surface area contributed by atoms with Gasteiger partial charge in [-0.3, -0.25) is 0 Å². The van der Waals surface area contributed by atoms with Crippen LogP contribution in [-0.2, 0) is 19.3 Å². The van der Waals surface area contributed by atoms with Gasteiger partial charge < -0.3 is 0 Å². The quantitative estimate of drug-likeness (QED) is 0.173. The predicted molar refractivity (Wildman–Crippen MR) is 143 cm³/mol. The number of benzene rings is 3. The van der Waals surface area contributed by atoms with E-state index in [1.807, 2.05) is 12.1 Å². The second-order valence-electron chi connectivity index (χ2n) is 9.70. The summed E-state index contributed by atoms with van der Waals surface area (Å²) in [7, 11) is 0. The van der Waals surface area contributed by atoms with Crippen LogP contribution in [0.2, 0.25) is 0 Å². The monoisotopic (exact) mass is 484 g/mol. The average Bonchev–Trinajstić information content (AvgIpc) is 2.89. The van der Waals surface area contributed by atoms with Crippen LogP contribution in [0.15, 0.2) is 64.8 Å². The van der Waals surface area contributed by atoms with Crippen LogP contribution in [0.5, 0.6) is 0 Å². The summed E-state index contributed by atoms with van der Waals surface area (Å²) >= 11 is 0. The first-order chi connectivity index (χ1) is 17.6. The SMILES string of the molecule is CCCCCc1ccc(N=Nc2ccc(C#Cc3c(F)cc4c(c3F)CCC(CCC)C4)cc2)cc1. The third-order valence-corrected chi connectivity index (χ3v) is 6.91. The molecule has 0 aliphatic heterocycles. The van der Waals surface area contributed by atoms with Gasteiger partial charge in [0.25, 0.3) is 0 Å². The first kappa shape index (κ1) is 25.8. The second kappa shape index (κ2) is 12.6. The molecule has 1 aliphatic carbocycles. The third-order valence-electron chi connectivity index (χ3n) is 6.91. The van der Waals surface area contributed by atoms with Crippen LogP contribution in [0.1, 0.15) is 80.2 Å². The fourth-order valence-corrected chi connectivity index (χ4v) is 4.86. The maximum absolute atomic E-state index is 15.1. The third kappa shape index (κ3) is 6.66. The molecule has 0 saturated carbocycles. The van der Waals surface area contributed by atoms with Gasteiger partial charge >= 0.3 is 0 Å². The molecule has 1 aliphatic rings. The van der Waals surface area contributed by atoms with E-state index in [1.54, 1.807) is 24.3 Å². The van der Waals surface area contributed by atoms with Crippen molar-refractivity contribution in [3.05, 3.63) is 94.0 Å². The number of unbranched alkanes of at least 4 members (excludes halogenated alkanes) is 2. The maximum Gasteiger partial charge on any atom is 0.145 e. The van der Waals surface area contributed by atoms with Crippen LogP contribution < -0.4 is 0 Å². The van der Waals surface area contributed by atoms with Gasteiger partial charge in [0.05, 0.1) is 16.9 Å². The highest BCUT2D eigenvalue weighted by atomic mass is 19.1. The molecule has 0 saturated heterocycles. The summed E-state index contributed by atoms with van der Waals surface area (Å²) < 4.78 is 29.8. The van der Waals surface area contributed by atoms with Crippen molar-refractivity contribution in [1.82, 2.24) is 0 Å². The van der Waals surface area contributed by atoms with Crippen molar-refractivity contribution < 1.29 is 8.78 Å². The first-order valence-electron chi connectivity index (χ1n) is 13.2. The molecule has 0 radical (unpaired) electrons. The standard InChI is InChI=1S/C32H34F2N2/c1-3-5-6-8-23-9-15-27(16-10-23)35-36-28-17-11-24(12-18-28)13-20-30-31(33)22-26-21-25(7-4-2)14-19-29(26)32(30)34/h9-12,15-18,22,25H,3-8,14,19,21H2,1-2H3. The summed E-state index contributed by atoms with van der Waals surface area (Å²) in [6.07, 6.45) is 9.33. The largest absolute Gasteiger partial charge is 0.206 e. The Morgan fingerprint density at radius 3 is 2.22 bits per heavy atom. The van der Waals surface area contributed by atoms with Crippen LogP contribution in [0, 0.1) is 29.4 Å². The molecule has 186 valence electrons. The van der Waals surface area contributed by atoms with Crippen molar-refractivity contribution in [2.75, 3.05) is 0 Å². The van der Waals surface area contributed by atoms with E-state index in [2.05, 4.69) is 48.0 Å². The minimum Gasteiger partial charge on any atom is -0.206 e. The Bertz CT molecular complexity index is 1250. The van der Waals surface area contributed by atoms with Crippen LogP contribution in [-0.4, -0.2) is 0 Å². The van der Waals surface area contributed by atoms with Crippen LogP contribution >= 0.6 is 0 Å². The van der Waals surface area contributed by atoms with Crippen LogP contribution in [0.4, 0.5) is 20.2 Å². The van der Waals surface area contributed by atoms with Crippen molar-refractivity contribution in [2.45, 2.75) is 71.6 Å². The summed E-state index contributed by atoms with van der Waals surface area (Å²) in [5.41, 5.74) is 4.80. The molecule has 1 atom stereocenters. The Labute approximate surface area is 213 Å². The summed E-state index contributed by atoms with van der Waals surface area (Å²) in [4.78, 5) is 0. The van der Waals surface area contributed by atoms with Crippen molar-refractivity contribution >= 4 is 11.4 Å². The Hall–Kier alpha value is -3.32. The lowest BCUT2D eigenvalue weighted by molar-refractivity contribution is 0.411. The van der Waals surface area contributed by atoms with Gasteiger partial charge in [-0.05, 0) is 97.2 Å². The zero-order valence-corrected chi connectivity index (χ0v) is 21.3. The molecule has 2 nitrogen and oxygen atoms in total. The molecular weight excluding hydrogens is 450 g/mol. The van der Waals surface area contributed by atoms with E-state index >= 15 is 4.39 Å². The van der Waals surface area contributed by atoms with E-state index in [-0.39, 0.29) is 5.56 Å². The fourth-order valence-electron chi connectivity index (χ4n) is 4.86. The van der Waals surface area contributed by atoms with Gasteiger partial charge in [0, 0.05) is 5.56 Å². The summed E-state index contributed by atoms with van der Waals surface area (Å²) in [5.74, 6) is 5.09. The minimum atomic E-state index is -0.572. The molecular formula is C32H34F2N2. The van der Waals surface area contributed by atoms with Gasteiger partial charge in [0.1, 0.15) is 11.6 Å². The van der Waals surface area contributed by atoms with E-state index in [4.69, 9.17) is 0 Å². The number of aryl methyl sites for hydroxylation is 1. The number of fused-ring (bicyclic) bond motifs is 1. The Morgan fingerprint density at radius 1 is 0.861 bits per heavy atom. The van der Waals surface area contributed by atoms with Gasteiger partial charge in [0.2, 0.25) is 0 Å². The summed E-state index contributed by atoms with van der Waals surface area (Å²) in [5, 5.41) is 8.60. The van der Waals surface area contributed by atoms with Crippen LogP contribution in [0.3, 0.4) is 0 Å². The number of hydrogen-bond acceptors (Lipinski definition) is 2. The molecule has 0 spiro atoms. The number of nitrogens with zero attached hydrogens (tertiary/aromatic N) is 2. The molecule has 4 heteroatoms. The highest BCUT2D eigenvalue weighted by molar-refractivity contribution is 5.50. The Kier molecular flexibility index (Phi) is 9.01. The molecule has 0 bridgehead atoms. The lowest BCUT2D eigenvalue weighted by Gasteiger charge is -2.25. The Balaban J connectivity index is 1.41. The van der Waals surface area contributed by atoms with Crippen molar-refractivity contribution in [1.29, 1.82) is 0 Å². The normalized spacial score (nSPS) is 14.9. The number of halogens is 2. The molecule has 0 fully saturated rings. The lowest BCUT2D eigenvalue weighted by atomic mass is 9.81. The predicted octanol–water partition coefficient (Wildman–Crippen LogP) is 9.42. The van der Waals surface area contributed by atoms with Gasteiger partial charge in [0.15, 0.2) is 0 Å². The van der Waals surface area contributed by atoms with E-state index in [0.717, 1.165) is 43.4 Å². The Morgan fingerprint density at radius 2 is 1.56 bits per heavy atom. The molecule has 0 N–H and O–H groups in total. The number of rotatable bonds is 8. The number of azo groups is 1. The lowest BCUT2D eigenvalue weighted by Crippen LogP contribution is -2.17. The molecule has 3 aromatic carbocycles. The van der Waals surface area contributed by atoms with Crippen molar-refractivity contribution in [2.24, 2.45) is 16.1 Å². The summed E-state index contributed by atoms with van der Waals surface area (Å²) in [6.45, 7) is 4.36. The van der Waals surface area contributed by atoms with Crippen LogP contribution in [0.25, 0.3) is 0 Å². The van der Waals surface area contributed by atoms with Gasteiger partial charge in [-0.15, -0.1) is 0 Å². The molecule has 3 aromatic rings. The maximum atomic E-state index is 15.1. The zero-order valence-electron chi connectivity index (χ0n) is 21.3. The molecule has 0 aromatic heterocycles. The van der Waals surface area contributed by atoms with E-state index in [1.165, 1.54) is 30.9 Å². The molecule has 1 unspecified atom stereocenters.